The molecular formula is C15H12N2O3S2. The molecule has 0 aliphatic carbocycles. The van der Waals surface area contributed by atoms with Gasteiger partial charge in [0.2, 0.25) is 0 Å². The molecule has 0 bridgehead atoms. The minimum atomic E-state index is -0.973. The molecule has 0 fully saturated rings. The third-order valence-corrected chi connectivity index (χ3v) is 5.40. The Hall–Kier alpha value is -2.25. The maximum atomic E-state index is 12.2. The third kappa shape index (κ3) is 2.60. The number of aromatic carboxylic acids is 1. The van der Waals surface area contributed by atoms with Crippen LogP contribution in [0.5, 0.6) is 0 Å². The maximum Gasteiger partial charge on any atom is 0.346 e. The molecule has 0 aliphatic rings. The van der Waals surface area contributed by atoms with Gasteiger partial charge in [-0.3, -0.25) is 4.79 Å². The van der Waals surface area contributed by atoms with E-state index >= 15 is 0 Å². The molecule has 0 aliphatic heterocycles. The van der Waals surface area contributed by atoms with Gasteiger partial charge in [0.1, 0.15) is 9.75 Å². The van der Waals surface area contributed by atoms with Gasteiger partial charge in [0.25, 0.3) is 5.91 Å². The van der Waals surface area contributed by atoms with Crippen LogP contribution in [0, 0.1) is 6.92 Å². The lowest BCUT2D eigenvalue weighted by molar-refractivity contribution is 0.0700. The highest BCUT2D eigenvalue weighted by atomic mass is 32.1. The smallest absolute Gasteiger partial charge is 0.346 e. The number of hydrogen-bond acceptors (Lipinski definition) is 5. The number of carboxylic acids is 1. The highest BCUT2D eigenvalue weighted by Crippen LogP contribution is 2.31. The van der Waals surface area contributed by atoms with E-state index in [1.807, 2.05) is 24.3 Å². The van der Waals surface area contributed by atoms with Gasteiger partial charge in [0, 0.05) is 16.8 Å². The summed E-state index contributed by atoms with van der Waals surface area (Å²) < 4.78 is 0.901. The Bertz CT molecular complexity index is 867. The summed E-state index contributed by atoms with van der Waals surface area (Å²) in [5.41, 5.74) is 2.94. The summed E-state index contributed by atoms with van der Waals surface area (Å²) in [6, 6.07) is 7.48. The van der Waals surface area contributed by atoms with E-state index in [2.05, 4.69) is 10.3 Å². The Morgan fingerprint density at radius 2 is 2.05 bits per heavy atom. The maximum absolute atomic E-state index is 12.2. The van der Waals surface area contributed by atoms with Gasteiger partial charge < -0.3 is 10.4 Å². The number of aromatic nitrogens is 1. The highest BCUT2D eigenvalue weighted by Gasteiger charge is 2.19. The fourth-order valence-corrected chi connectivity index (χ4v) is 3.99. The van der Waals surface area contributed by atoms with E-state index < -0.39 is 5.97 Å². The number of hydrogen-bond donors (Lipinski definition) is 2. The fraction of sp³-hybridized carbons (Fsp3) is 0.133. The molecular weight excluding hydrogens is 320 g/mol. The van der Waals surface area contributed by atoms with Gasteiger partial charge in [-0.1, -0.05) is 18.2 Å². The quantitative estimate of drug-likeness (QED) is 0.768. The molecule has 1 aromatic carbocycles. The van der Waals surface area contributed by atoms with Gasteiger partial charge in [-0.25, -0.2) is 9.78 Å². The third-order valence-electron chi connectivity index (χ3n) is 3.27. The van der Waals surface area contributed by atoms with Crippen molar-refractivity contribution >= 4 is 44.6 Å². The van der Waals surface area contributed by atoms with E-state index in [0.717, 1.165) is 10.1 Å². The molecule has 2 aromatic heterocycles. The summed E-state index contributed by atoms with van der Waals surface area (Å²) in [5, 5.41) is 13.0. The van der Waals surface area contributed by atoms with Crippen molar-refractivity contribution in [1.82, 2.24) is 10.3 Å². The van der Waals surface area contributed by atoms with Crippen LogP contribution in [-0.2, 0) is 6.54 Å². The second-order valence-corrected chi connectivity index (χ2v) is 6.57. The van der Waals surface area contributed by atoms with E-state index in [9.17, 15) is 14.7 Å². The van der Waals surface area contributed by atoms with Crippen molar-refractivity contribution in [2.75, 3.05) is 0 Å². The highest BCUT2D eigenvalue weighted by molar-refractivity contribution is 7.21. The van der Waals surface area contributed by atoms with Crippen molar-refractivity contribution in [3.8, 4) is 0 Å². The summed E-state index contributed by atoms with van der Waals surface area (Å²) in [4.78, 5) is 28.4. The first-order chi connectivity index (χ1) is 10.6. The monoisotopic (exact) mass is 332 g/mol. The van der Waals surface area contributed by atoms with Crippen molar-refractivity contribution in [1.29, 1.82) is 0 Å². The van der Waals surface area contributed by atoms with Gasteiger partial charge in [0.15, 0.2) is 0 Å². The predicted octanol–water partition coefficient (Wildman–Crippen LogP) is 3.29. The van der Waals surface area contributed by atoms with E-state index in [-0.39, 0.29) is 17.3 Å². The van der Waals surface area contributed by atoms with Crippen LogP contribution in [0.25, 0.3) is 10.1 Å². The summed E-state index contributed by atoms with van der Waals surface area (Å²) in [7, 11) is 0. The number of carbonyl (C=O) groups excluding carboxylic acids is 1. The number of nitrogens with zero attached hydrogens (tertiary/aromatic N) is 1. The molecule has 5 nitrogen and oxygen atoms in total. The number of amides is 1. The van der Waals surface area contributed by atoms with Gasteiger partial charge in [0.05, 0.1) is 11.2 Å². The van der Waals surface area contributed by atoms with E-state index in [1.54, 1.807) is 12.4 Å². The van der Waals surface area contributed by atoms with E-state index in [1.165, 1.54) is 22.7 Å². The predicted molar refractivity (Wildman–Crippen MR) is 86.8 cm³/mol. The van der Waals surface area contributed by atoms with Crippen LogP contribution in [-0.4, -0.2) is 22.0 Å². The zero-order chi connectivity index (χ0) is 15.7. The molecule has 0 unspecified atom stereocenters. The van der Waals surface area contributed by atoms with Crippen LogP contribution < -0.4 is 5.32 Å². The molecule has 0 spiro atoms. The number of rotatable bonds is 4. The molecule has 0 saturated carbocycles. The second-order valence-electron chi connectivity index (χ2n) is 4.66. The molecule has 22 heavy (non-hydrogen) atoms. The minimum Gasteiger partial charge on any atom is -0.477 e. The molecule has 1 amide bonds. The zero-order valence-electron chi connectivity index (χ0n) is 11.6. The first-order valence-corrected chi connectivity index (χ1v) is 8.19. The summed E-state index contributed by atoms with van der Waals surface area (Å²) >= 11 is 2.50. The average Bonchev–Trinajstić information content (AvgIpc) is 3.08. The van der Waals surface area contributed by atoms with Crippen molar-refractivity contribution < 1.29 is 14.7 Å². The Labute approximate surface area is 134 Å². The largest absolute Gasteiger partial charge is 0.477 e. The van der Waals surface area contributed by atoms with Crippen LogP contribution in [0.15, 0.2) is 29.8 Å². The number of thiazole rings is 1. The molecule has 112 valence electrons. The van der Waals surface area contributed by atoms with E-state index in [4.69, 9.17) is 0 Å². The Kier molecular flexibility index (Phi) is 3.91. The number of carboxylic acid groups (broad SMARTS) is 1. The normalized spacial score (nSPS) is 10.8. The zero-order valence-corrected chi connectivity index (χ0v) is 13.3. The molecule has 0 radical (unpaired) electrons. The van der Waals surface area contributed by atoms with Crippen LogP contribution in [0.1, 0.15) is 30.6 Å². The van der Waals surface area contributed by atoms with Gasteiger partial charge in [-0.2, -0.15) is 0 Å². The van der Waals surface area contributed by atoms with Gasteiger partial charge in [-0.05, 0) is 18.4 Å². The number of fused-ring (bicyclic) bond motifs is 1. The summed E-state index contributed by atoms with van der Waals surface area (Å²) in [6.07, 6.45) is 0. The van der Waals surface area contributed by atoms with Crippen LogP contribution >= 0.6 is 22.7 Å². The van der Waals surface area contributed by atoms with Crippen molar-refractivity contribution in [2.45, 2.75) is 13.5 Å². The van der Waals surface area contributed by atoms with Crippen molar-refractivity contribution in [3.05, 3.63) is 50.8 Å². The Morgan fingerprint density at radius 3 is 2.73 bits per heavy atom. The first kappa shape index (κ1) is 14.7. The lowest BCUT2D eigenvalue weighted by atomic mass is 10.1. The molecule has 3 rings (SSSR count). The number of benzene rings is 1. The average molecular weight is 332 g/mol. The second kappa shape index (κ2) is 5.86. The molecule has 2 N–H and O–H groups in total. The Balaban J connectivity index is 1.90. The number of aryl methyl sites for hydroxylation is 1. The standard InChI is InChI=1S/C15H12N2O3S2/c1-8-12(21-7-17-8)14(18)16-6-10-9-4-2-3-5-11(9)22-13(10)15(19)20/h2-5,7H,6H2,1H3,(H,16,18)(H,19,20). The molecule has 7 heteroatoms. The van der Waals surface area contributed by atoms with Gasteiger partial charge in [-0.15, -0.1) is 22.7 Å². The van der Waals surface area contributed by atoms with Crippen LogP contribution in [0.4, 0.5) is 0 Å². The van der Waals surface area contributed by atoms with Crippen LogP contribution in [0.3, 0.4) is 0 Å². The number of thiophene rings is 1. The molecule has 3 aromatic rings. The molecule has 0 saturated heterocycles. The van der Waals surface area contributed by atoms with E-state index in [0.29, 0.717) is 16.1 Å². The Morgan fingerprint density at radius 1 is 1.27 bits per heavy atom. The fourth-order valence-electron chi connectivity index (χ4n) is 2.22. The van der Waals surface area contributed by atoms with Crippen LogP contribution in [0.2, 0.25) is 0 Å². The molecule has 2 heterocycles. The SMILES string of the molecule is Cc1ncsc1C(=O)NCc1c(C(=O)O)sc2ccccc12. The lowest BCUT2D eigenvalue weighted by Gasteiger charge is -2.05. The number of nitrogens with one attached hydrogen (secondary N) is 1. The van der Waals surface area contributed by atoms with Crippen molar-refractivity contribution in [3.63, 3.8) is 0 Å². The lowest BCUT2D eigenvalue weighted by Crippen LogP contribution is -2.23. The number of carbonyl (C=O) groups is 2. The minimum absolute atomic E-state index is 0.182. The summed E-state index contributed by atoms with van der Waals surface area (Å²) in [5.74, 6) is -1.20. The molecule has 0 atom stereocenters. The van der Waals surface area contributed by atoms with Crippen molar-refractivity contribution in [2.24, 2.45) is 0 Å². The topological polar surface area (TPSA) is 79.3 Å². The van der Waals surface area contributed by atoms with Gasteiger partial charge >= 0.3 is 5.97 Å². The first-order valence-electron chi connectivity index (χ1n) is 6.50. The summed E-state index contributed by atoms with van der Waals surface area (Å²) in [6.45, 7) is 1.95.